The summed E-state index contributed by atoms with van der Waals surface area (Å²) in [5, 5.41) is 20.1. The van der Waals surface area contributed by atoms with Crippen LogP contribution in [0.4, 0.5) is 5.69 Å². The molecule has 18 heavy (non-hydrogen) atoms. The predicted molar refractivity (Wildman–Crippen MR) is 67.4 cm³/mol. The van der Waals surface area contributed by atoms with Crippen LogP contribution in [0.15, 0.2) is 52.5 Å². The number of nitrogens with zero attached hydrogens (tertiary/aromatic N) is 2. The molecule has 2 rings (SSSR count). The van der Waals surface area contributed by atoms with E-state index in [9.17, 15) is 10.1 Å². The van der Waals surface area contributed by atoms with E-state index in [4.69, 9.17) is 5.11 Å². The van der Waals surface area contributed by atoms with Crippen molar-refractivity contribution in [1.29, 1.82) is 0 Å². The lowest BCUT2D eigenvalue weighted by molar-refractivity contribution is -0.385. The summed E-state index contributed by atoms with van der Waals surface area (Å²) in [6.45, 7) is 0.0146. The van der Waals surface area contributed by atoms with E-state index in [0.29, 0.717) is 5.03 Å². The number of benzene rings is 1. The van der Waals surface area contributed by atoms with Gasteiger partial charge >= 0.3 is 0 Å². The van der Waals surface area contributed by atoms with Gasteiger partial charge in [0.25, 0.3) is 5.69 Å². The van der Waals surface area contributed by atoms with Gasteiger partial charge in [-0.1, -0.05) is 23.9 Å². The minimum atomic E-state index is -0.475. The van der Waals surface area contributed by atoms with Crippen LogP contribution < -0.4 is 0 Å². The lowest BCUT2D eigenvalue weighted by atomic mass is 10.2. The lowest BCUT2D eigenvalue weighted by Crippen LogP contribution is -1.89. The Bertz CT molecular complexity index is 540. The van der Waals surface area contributed by atoms with E-state index in [-0.39, 0.29) is 12.3 Å². The van der Waals surface area contributed by atoms with Gasteiger partial charge in [-0.15, -0.1) is 0 Å². The summed E-state index contributed by atoms with van der Waals surface area (Å²) < 4.78 is 0. The van der Waals surface area contributed by atoms with Gasteiger partial charge in [0.05, 0.1) is 11.5 Å². The van der Waals surface area contributed by atoms with Crippen LogP contribution in [0.3, 0.4) is 0 Å². The van der Waals surface area contributed by atoms with Crippen LogP contribution in [0.1, 0.15) is 5.56 Å². The second kappa shape index (κ2) is 5.61. The molecule has 0 saturated carbocycles. The summed E-state index contributed by atoms with van der Waals surface area (Å²) in [4.78, 5) is 15.0. The molecule has 0 aliphatic carbocycles. The fraction of sp³-hybridized carbons (Fsp3) is 0.0833. The highest BCUT2D eigenvalue weighted by Crippen LogP contribution is 2.27. The maximum atomic E-state index is 10.5. The van der Waals surface area contributed by atoms with Crippen molar-refractivity contribution in [1.82, 2.24) is 4.98 Å². The molecule has 1 N–H and O–H groups in total. The van der Waals surface area contributed by atoms with Gasteiger partial charge in [0.2, 0.25) is 0 Å². The fourth-order valence-corrected chi connectivity index (χ4v) is 2.08. The molecule has 0 aliphatic rings. The van der Waals surface area contributed by atoms with E-state index in [0.717, 1.165) is 10.5 Å². The summed E-state index contributed by atoms with van der Waals surface area (Å²) in [5.74, 6) is 0. The third-order valence-corrected chi connectivity index (χ3v) is 3.22. The molecule has 0 aliphatic heterocycles. The molecule has 0 saturated heterocycles. The van der Waals surface area contributed by atoms with Crippen molar-refractivity contribution >= 4 is 17.4 Å². The van der Waals surface area contributed by atoms with Crippen molar-refractivity contribution in [2.45, 2.75) is 16.5 Å². The Balaban J connectivity index is 2.10. The first kappa shape index (κ1) is 12.5. The molecular formula is C12H10N2O3S. The van der Waals surface area contributed by atoms with Crippen LogP contribution in [0.5, 0.6) is 0 Å². The first-order chi connectivity index (χ1) is 8.69. The molecule has 0 unspecified atom stereocenters. The highest BCUT2D eigenvalue weighted by Gasteiger charge is 2.06. The zero-order valence-corrected chi connectivity index (χ0v) is 10.1. The summed E-state index contributed by atoms with van der Waals surface area (Å²) in [7, 11) is 0. The maximum absolute atomic E-state index is 10.5. The van der Waals surface area contributed by atoms with Gasteiger partial charge < -0.3 is 5.11 Å². The van der Waals surface area contributed by atoms with Gasteiger partial charge in [0.1, 0.15) is 11.2 Å². The lowest BCUT2D eigenvalue weighted by Gasteiger charge is -2.01. The van der Waals surface area contributed by atoms with Crippen LogP contribution in [-0.2, 0) is 6.61 Å². The summed E-state index contributed by atoms with van der Waals surface area (Å²) in [6, 6.07) is 10.4. The number of aliphatic hydroxyl groups excluding tert-OH is 1. The second-order valence-electron chi connectivity index (χ2n) is 3.52. The van der Waals surface area contributed by atoms with Crippen molar-refractivity contribution in [3.8, 4) is 0 Å². The van der Waals surface area contributed by atoms with E-state index in [1.165, 1.54) is 24.0 Å². The standard InChI is InChI=1S/C12H10N2O3S/c15-8-9-1-4-11(5-2-9)18-12-6-3-10(7-13-12)14(16)17/h1-7,15H,8H2. The molecule has 6 heteroatoms. The Morgan fingerprint density at radius 1 is 1.22 bits per heavy atom. The molecule has 0 fully saturated rings. The van der Waals surface area contributed by atoms with Crippen LogP contribution in [0.2, 0.25) is 0 Å². The van der Waals surface area contributed by atoms with Crippen molar-refractivity contribution in [3.63, 3.8) is 0 Å². The fourth-order valence-electron chi connectivity index (χ4n) is 1.32. The van der Waals surface area contributed by atoms with Crippen LogP contribution in [0, 0.1) is 10.1 Å². The molecular weight excluding hydrogens is 252 g/mol. The number of pyridine rings is 1. The van der Waals surface area contributed by atoms with Crippen LogP contribution in [-0.4, -0.2) is 15.0 Å². The summed E-state index contributed by atoms with van der Waals surface area (Å²) in [5.41, 5.74) is 0.825. The topological polar surface area (TPSA) is 76.3 Å². The first-order valence-electron chi connectivity index (χ1n) is 5.17. The molecule has 5 nitrogen and oxygen atoms in total. The van der Waals surface area contributed by atoms with Crippen LogP contribution in [0.25, 0.3) is 0 Å². The minimum absolute atomic E-state index is 0.0146. The largest absolute Gasteiger partial charge is 0.392 e. The smallest absolute Gasteiger partial charge is 0.287 e. The van der Waals surface area contributed by atoms with E-state index < -0.39 is 4.92 Å². The molecule has 2 aromatic rings. The van der Waals surface area contributed by atoms with Gasteiger partial charge in [0, 0.05) is 11.0 Å². The van der Waals surface area contributed by atoms with Gasteiger partial charge in [-0.05, 0) is 23.8 Å². The number of hydrogen-bond donors (Lipinski definition) is 1. The molecule has 0 radical (unpaired) electrons. The number of aliphatic hydroxyl groups is 1. The molecule has 1 aromatic carbocycles. The number of aromatic nitrogens is 1. The number of nitro groups is 1. The Morgan fingerprint density at radius 2 is 1.94 bits per heavy atom. The summed E-state index contributed by atoms with van der Waals surface area (Å²) in [6.07, 6.45) is 1.24. The Kier molecular flexibility index (Phi) is 3.91. The molecule has 92 valence electrons. The van der Waals surface area contributed by atoms with Gasteiger partial charge in [-0.3, -0.25) is 10.1 Å². The monoisotopic (exact) mass is 262 g/mol. The van der Waals surface area contributed by atoms with Gasteiger partial charge in [-0.25, -0.2) is 4.98 Å². The quantitative estimate of drug-likeness (QED) is 0.677. The normalized spacial score (nSPS) is 10.3. The third kappa shape index (κ3) is 3.06. The van der Waals surface area contributed by atoms with E-state index in [1.54, 1.807) is 6.07 Å². The zero-order chi connectivity index (χ0) is 13.0. The van der Waals surface area contributed by atoms with E-state index in [2.05, 4.69) is 4.98 Å². The van der Waals surface area contributed by atoms with E-state index >= 15 is 0 Å². The zero-order valence-electron chi connectivity index (χ0n) is 9.31. The van der Waals surface area contributed by atoms with Crippen molar-refractivity contribution in [2.24, 2.45) is 0 Å². The SMILES string of the molecule is O=[N+]([O-])c1ccc(Sc2ccc(CO)cc2)nc1. The maximum Gasteiger partial charge on any atom is 0.287 e. The molecule has 0 atom stereocenters. The molecule has 0 spiro atoms. The third-order valence-electron chi connectivity index (χ3n) is 2.26. The minimum Gasteiger partial charge on any atom is -0.392 e. The van der Waals surface area contributed by atoms with Crippen LogP contribution >= 0.6 is 11.8 Å². The predicted octanol–water partition coefficient (Wildman–Crippen LogP) is 2.63. The molecule has 1 aromatic heterocycles. The molecule has 0 amide bonds. The molecule has 0 bridgehead atoms. The van der Waals surface area contributed by atoms with Gasteiger partial charge in [-0.2, -0.15) is 0 Å². The average molecular weight is 262 g/mol. The number of rotatable bonds is 4. The van der Waals surface area contributed by atoms with Crippen molar-refractivity contribution < 1.29 is 10.0 Å². The van der Waals surface area contributed by atoms with Crippen molar-refractivity contribution in [3.05, 3.63) is 58.3 Å². The Hall–Kier alpha value is -1.92. The number of hydrogen-bond acceptors (Lipinski definition) is 5. The average Bonchev–Trinajstić information content (AvgIpc) is 2.40. The van der Waals surface area contributed by atoms with Gasteiger partial charge in [0.15, 0.2) is 0 Å². The van der Waals surface area contributed by atoms with E-state index in [1.807, 2.05) is 24.3 Å². The summed E-state index contributed by atoms with van der Waals surface area (Å²) >= 11 is 1.41. The first-order valence-corrected chi connectivity index (χ1v) is 5.99. The Morgan fingerprint density at radius 3 is 2.44 bits per heavy atom. The Labute approximate surface area is 108 Å². The highest BCUT2D eigenvalue weighted by molar-refractivity contribution is 7.99. The van der Waals surface area contributed by atoms with Crippen molar-refractivity contribution in [2.75, 3.05) is 0 Å². The molecule has 1 heterocycles. The second-order valence-corrected chi connectivity index (χ2v) is 4.61. The highest BCUT2D eigenvalue weighted by atomic mass is 32.2.